The summed E-state index contributed by atoms with van der Waals surface area (Å²) in [6.45, 7) is 5.79. The van der Waals surface area contributed by atoms with Crippen molar-refractivity contribution in [2.75, 3.05) is 23.4 Å². The second kappa shape index (κ2) is 8.25. The molecule has 0 aliphatic carbocycles. The summed E-state index contributed by atoms with van der Waals surface area (Å²) in [6.07, 6.45) is 0.0891. The number of amides is 2. The summed E-state index contributed by atoms with van der Waals surface area (Å²) in [5, 5.41) is 2.68. The van der Waals surface area contributed by atoms with Gasteiger partial charge in [-0.25, -0.2) is 0 Å². The summed E-state index contributed by atoms with van der Waals surface area (Å²) in [7, 11) is 0. The van der Waals surface area contributed by atoms with Crippen molar-refractivity contribution in [1.29, 1.82) is 0 Å². The normalized spacial score (nSPS) is 16.2. The molecule has 1 aliphatic heterocycles. The van der Waals surface area contributed by atoms with Crippen LogP contribution < -0.4 is 10.2 Å². The first kappa shape index (κ1) is 19.6. The van der Waals surface area contributed by atoms with E-state index in [1.165, 1.54) is 0 Å². The van der Waals surface area contributed by atoms with Gasteiger partial charge in [-0.2, -0.15) is 0 Å². The SMILES string of the molecule is Cc1ccc(NC(=O)COC(=O)[C@H]2CC(=O)N(c3cccc(C)c3C)C2)cc1. The van der Waals surface area contributed by atoms with Crippen LogP contribution in [0.1, 0.15) is 23.1 Å². The molecule has 0 bridgehead atoms. The van der Waals surface area contributed by atoms with Crippen LogP contribution in [0.4, 0.5) is 11.4 Å². The Morgan fingerprint density at radius 3 is 2.54 bits per heavy atom. The molecule has 0 radical (unpaired) electrons. The summed E-state index contributed by atoms with van der Waals surface area (Å²) in [6, 6.07) is 13.1. The number of anilines is 2. The van der Waals surface area contributed by atoms with Crippen LogP contribution in [0.2, 0.25) is 0 Å². The van der Waals surface area contributed by atoms with Crippen LogP contribution in [0.15, 0.2) is 42.5 Å². The summed E-state index contributed by atoms with van der Waals surface area (Å²) < 4.78 is 5.14. The first-order chi connectivity index (χ1) is 13.3. The van der Waals surface area contributed by atoms with Gasteiger partial charge in [0.15, 0.2) is 6.61 Å². The van der Waals surface area contributed by atoms with Crippen molar-refractivity contribution < 1.29 is 19.1 Å². The fourth-order valence-electron chi connectivity index (χ4n) is 3.21. The fraction of sp³-hybridized carbons (Fsp3) is 0.318. The van der Waals surface area contributed by atoms with Crippen molar-refractivity contribution in [3.05, 3.63) is 59.2 Å². The molecule has 2 aromatic carbocycles. The quantitative estimate of drug-likeness (QED) is 0.809. The Balaban J connectivity index is 1.55. The van der Waals surface area contributed by atoms with Gasteiger partial charge < -0.3 is 15.0 Å². The van der Waals surface area contributed by atoms with Gasteiger partial charge in [0.25, 0.3) is 5.91 Å². The molecule has 1 heterocycles. The number of rotatable bonds is 5. The lowest BCUT2D eigenvalue weighted by molar-refractivity contribution is -0.151. The van der Waals surface area contributed by atoms with Gasteiger partial charge in [-0.05, 0) is 50.1 Å². The third kappa shape index (κ3) is 4.39. The number of hydrogen-bond donors (Lipinski definition) is 1. The lowest BCUT2D eigenvalue weighted by Gasteiger charge is -2.20. The van der Waals surface area contributed by atoms with Crippen molar-refractivity contribution >= 4 is 29.2 Å². The minimum Gasteiger partial charge on any atom is -0.455 e. The first-order valence-electron chi connectivity index (χ1n) is 9.25. The molecule has 1 fully saturated rings. The molecule has 0 spiro atoms. The van der Waals surface area contributed by atoms with Crippen LogP contribution in [0.3, 0.4) is 0 Å². The number of nitrogens with zero attached hydrogens (tertiary/aromatic N) is 1. The predicted molar refractivity (Wildman–Crippen MR) is 107 cm³/mol. The van der Waals surface area contributed by atoms with E-state index in [2.05, 4.69) is 5.32 Å². The Hall–Kier alpha value is -3.15. The van der Waals surface area contributed by atoms with E-state index in [0.717, 1.165) is 22.4 Å². The van der Waals surface area contributed by atoms with Crippen LogP contribution in [-0.2, 0) is 19.1 Å². The van der Waals surface area contributed by atoms with Crippen LogP contribution >= 0.6 is 0 Å². The molecule has 1 atom stereocenters. The highest BCUT2D eigenvalue weighted by molar-refractivity contribution is 6.00. The molecule has 2 aromatic rings. The second-order valence-electron chi connectivity index (χ2n) is 7.15. The highest BCUT2D eigenvalue weighted by atomic mass is 16.5. The second-order valence-corrected chi connectivity index (χ2v) is 7.15. The predicted octanol–water partition coefficient (Wildman–Crippen LogP) is 3.15. The minimum absolute atomic E-state index is 0.0891. The number of aryl methyl sites for hydroxylation is 2. The van der Waals surface area contributed by atoms with E-state index < -0.39 is 17.8 Å². The van der Waals surface area contributed by atoms with E-state index in [1.807, 2.05) is 51.1 Å². The largest absolute Gasteiger partial charge is 0.455 e. The number of nitrogens with one attached hydrogen (secondary N) is 1. The van der Waals surface area contributed by atoms with Crippen molar-refractivity contribution in [3.8, 4) is 0 Å². The summed E-state index contributed by atoms with van der Waals surface area (Å²) in [4.78, 5) is 38.3. The molecule has 0 aromatic heterocycles. The molecule has 6 nitrogen and oxygen atoms in total. The van der Waals surface area contributed by atoms with E-state index >= 15 is 0 Å². The Morgan fingerprint density at radius 2 is 1.82 bits per heavy atom. The van der Waals surface area contributed by atoms with Crippen molar-refractivity contribution in [2.45, 2.75) is 27.2 Å². The Bertz CT molecular complexity index is 905. The molecule has 0 saturated carbocycles. The molecule has 3 rings (SSSR count). The Morgan fingerprint density at radius 1 is 1.11 bits per heavy atom. The molecular weight excluding hydrogens is 356 g/mol. The fourth-order valence-corrected chi connectivity index (χ4v) is 3.21. The molecule has 146 valence electrons. The zero-order chi connectivity index (χ0) is 20.3. The molecule has 1 aliphatic rings. The van der Waals surface area contributed by atoms with E-state index in [4.69, 9.17) is 4.74 Å². The van der Waals surface area contributed by atoms with Gasteiger partial charge in [0, 0.05) is 24.3 Å². The van der Waals surface area contributed by atoms with Gasteiger partial charge in [0.2, 0.25) is 5.91 Å². The number of carbonyl (C=O) groups is 3. The maximum absolute atomic E-state index is 12.4. The third-order valence-electron chi connectivity index (χ3n) is 5.01. The Kier molecular flexibility index (Phi) is 5.78. The highest BCUT2D eigenvalue weighted by Gasteiger charge is 2.37. The van der Waals surface area contributed by atoms with Gasteiger partial charge in [0.1, 0.15) is 0 Å². The topological polar surface area (TPSA) is 75.7 Å². The van der Waals surface area contributed by atoms with Gasteiger partial charge in [0.05, 0.1) is 5.92 Å². The number of carbonyl (C=O) groups excluding carboxylic acids is 3. The number of esters is 1. The summed E-state index contributed by atoms with van der Waals surface area (Å²) >= 11 is 0. The average Bonchev–Trinajstić information content (AvgIpc) is 3.05. The van der Waals surface area contributed by atoms with Gasteiger partial charge >= 0.3 is 5.97 Å². The van der Waals surface area contributed by atoms with E-state index in [1.54, 1.807) is 17.0 Å². The maximum atomic E-state index is 12.4. The highest BCUT2D eigenvalue weighted by Crippen LogP contribution is 2.29. The monoisotopic (exact) mass is 380 g/mol. The molecule has 6 heteroatoms. The van der Waals surface area contributed by atoms with Crippen LogP contribution in [0.5, 0.6) is 0 Å². The average molecular weight is 380 g/mol. The minimum atomic E-state index is -0.570. The maximum Gasteiger partial charge on any atom is 0.311 e. The van der Waals surface area contributed by atoms with E-state index in [0.29, 0.717) is 5.69 Å². The zero-order valence-corrected chi connectivity index (χ0v) is 16.3. The zero-order valence-electron chi connectivity index (χ0n) is 16.3. The van der Waals surface area contributed by atoms with Crippen LogP contribution in [0.25, 0.3) is 0 Å². The molecule has 1 saturated heterocycles. The molecule has 0 unspecified atom stereocenters. The van der Waals surface area contributed by atoms with Crippen molar-refractivity contribution in [1.82, 2.24) is 0 Å². The Labute approximate surface area is 164 Å². The lowest BCUT2D eigenvalue weighted by Crippen LogP contribution is -2.28. The van der Waals surface area contributed by atoms with E-state index in [-0.39, 0.29) is 25.5 Å². The number of benzene rings is 2. The third-order valence-corrected chi connectivity index (χ3v) is 5.01. The number of hydrogen-bond acceptors (Lipinski definition) is 4. The molecule has 28 heavy (non-hydrogen) atoms. The molecular formula is C22H24N2O4. The standard InChI is InChI=1S/C22H24N2O4/c1-14-7-9-18(10-8-14)23-20(25)13-28-22(27)17-11-21(26)24(12-17)19-6-4-5-15(2)16(19)3/h4-10,17H,11-13H2,1-3H3,(H,23,25)/t17-/m0/s1. The van der Waals surface area contributed by atoms with Crippen molar-refractivity contribution in [3.63, 3.8) is 0 Å². The van der Waals surface area contributed by atoms with Gasteiger partial charge in [-0.15, -0.1) is 0 Å². The van der Waals surface area contributed by atoms with E-state index in [9.17, 15) is 14.4 Å². The summed E-state index contributed by atoms with van der Waals surface area (Å²) in [5.41, 5.74) is 4.65. The molecule has 1 N–H and O–H groups in total. The van der Waals surface area contributed by atoms with Crippen LogP contribution in [0, 0.1) is 26.7 Å². The lowest BCUT2D eigenvalue weighted by atomic mass is 10.1. The first-order valence-corrected chi connectivity index (χ1v) is 9.25. The van der Waals surface area contributed by atoms with Gasteiger partial charge in [-0.1, -0.05) is 29.8 Å². The smallest absolute Gasteiger partial charge is 0.311 e. The summed E-state index contributed by atoms with van der Waals surface area (Å²) in [5.74, 6) is -1.62. The number of ether oxygens (including phenoxy) is 1. The molecule has 2 amide bonds. The van der Waals surface area contributed by atoms with Gasteiger partial charge in [-0.3, -0.25) is 14.4 Å². The van der Waals surface area contributed by atoms with Crippen molar-refractivity contribution in [2.24, 2.45) is 5.92 Å². The van der Waals surface area contributed by atoms with Crippen LogP contribution in [-0.4, -0.2) is 30.9 Å².